The molecule has 0 aromatic heterocycles. The number of rotatable bonds is 4. The number of carboxylic acid groups (broad SMARTS) is 1. The zero-order valence-electron chi connectivity index (χ0n) is 14.0. The molecule has 0 radical (unpaired) electrons. The minimum absolute atomic E-state index is 0.00841. The zero-order valence-corrected chi connectivity index (χ0v) is 14.0. The maximum absolute atomic E-state index is 10.5. The average molecular weight is 310 g/mol. The van der Waals surface area contributed by atoms with E-state index >= 15 is 0 Å². The third-order valence-corrected chi connectivity index (χ3v) is 3.47. The lowest BCUT2D eigenvalue weighted by Gasteiger charge is -2.23. The lowest BCUT2D eigenvalue weighted by molar-refractivity contribution is -0.131. The molecule has 2 aromatic carbocycles. The average Bonchev–Trinajstić information content (AvgIpc) is 2.47. The van der Waals surface area contributed by atoms with E-state index in [2.05, 4.69) is 33.8 Å². The van der Waals surface area contributed by atoms with Crippen LogP contribution in [0.2, 0.25) is 0 Å². The van der Waals surface area contributed by atoms with E-state index in [1.165, 1.54) is 5.56 Å². The van der Waals surface area contributed by atoms with Gasteiger partial charge in [0, 0.05) is 11.6 Å². The standard InChI is InChI=1S/C20H22O3/c1-14-5-11-18(17(13-14)20(2,3)4)23-16-9-6-15(7-10-16)8-12-19(21)22/h5-13H,1-4H3,(H,21,22). The largest absolute Gasteiger partial charge is 0.478 e. The van der Waals surface area contributed by atoms with Gasteiger partial charge in [0.25, 0.3) is 0 Å². The van der Waals surface area contributed by atoms with Crippen LogP contribution in [0.25, 0.3) is 6.08 Å². The molecule has 0 aliphatic heterocycles. The Labute approximate surface area is 137 Å². The van der Waals surface area contributed by atoms with Crippen LogP contribution in [0.1, 0.15) is 37.5 Å². The first-order valence-electron chi connectivity index (χ1n) is 7.56. The Bertz CT molecular complexity index is 720. The van der Waals surface area contributed by atoms with Crippen molar-refractivity contribution < 1.29 is 14.6 Å². The molecule has 0 atom stereocenters. The van der Waals surface area contributed by atoms with E-state index in [9.17, 15) is 4.79 Å². The second-order valence-corrected chi connectivity index (χ2v) is 6.59. The quantitative estimate of drug-likeness (QED) is 0.791. The van der Waals surface area contributed by atoms with E-state index in [0.29, 0.717) is 0 Å². The molecule has 0 heterocycles. The van der Waals surface area contributed by atoms with Crippen LogP contribution < -0.4 is 4.74 Å². The summed E-state index contributed by atoms with van der Waals surface area (Å²) in [5.74, 6) is 0.614. The maximum atomic E-state index is 10.5. The molecular weight excluding hydrogens is 288 g/mol. The van der Waals surface area contributed by atoms with Crippen molar-refractivity contribution >= 4 is 12.0 Å². The molecule has 0 aliphatic carbocycles. The first-order chi connectivity index (χ1) is 10.8. The summed E-state index contributed by atoms with van der Waals surface area (Å²) in [6.07, 6.45) is 2.67. The van der Waals surface area contributed by atoms with Crippen LogP contribution in [0, 0.1) is 6.92 Å². The molecule has 0 saturated heterocycles. The van der Waals surface area contributed by atoms with E-state index in [1.54, 1.807) is 6.08 Å². The minimum Gasteiger partial charge on any atom is -0.478 e. The number of carboxylic acids is 1. The van der Waals surface area contributed by atoms with Crippen molar-refractivity contribution in [2.75, 3.05) is 0 Å². The van der Waals surface area contributed by atoms with Crippen LogP contribution in [0.5, 0.6) is 11.5 Å². The molecule has 0 aliphatic rings. The minimum atomic E-state index is -0.959. The van der Waals surface area contributed by atoms with Crippen molar-refractivity contribution in [3.63, 3.8) is 0 Å². The fourth-order valence-electron chi connectivity index (χ4n) is 2.26. The molecule has 2 aromatic rings. The highest BCUT2D eigenvalue weighted by molar-refractivity contribution is 5.85. The SMILES string of the molecule is Cc1ccc(Oc2ccc(C=CC(=O)O)cc2)c(C(C)(C)C)c1. The molecule has 0 spiro atoms. The lowest BCUT2D eigenvalue weighted by atomic mass is 9.85. The van der Waals surface area contributed by atoms with Gasteiger partial charge in [-0.2, -0.15) is 0 Å². The van der Waals surface area contributed by atoms with Crippen molar-refractivity contribution in [2.24, 2.45) is 0 Å². The van der Waals surface area contributed by atoms with Gasteiger partial charge in [-0.05, 0) is 42.2 Å². The second kappa shape index (κ2) is 6.69. The molecule has 120 valence electrons. The van der Waals surface area contributed by atoms with Crippen LogP contribution in [0.4, 0.5) is 0 Å². The van der Waals surface area contributed by atoms with Crippen LogP contribution in [-0.2, 0) is 10.2 Å². The van der Waals surface area contributed by atoms with Gasteiger partial charge in [-0.3, -0.25) is 0 Å². The van der Waals surface area contributed by atoms with Crippen molar-refractivity contribution in [3.8, 4) is 11.5 Å². The fraction of sp³-hybridized carbons (Fsp3) is 0.250. The Hall–Kier alpha value is -2.55. The second-order valence-electron chi connectivity index (χ2n) is 6.59. The van der Waals surface area contributed by atoms with Crippen LogP contribution in [0.15, 0.2) is 48.5 Å². The number of aliphatic carboxylic acids is 1. The summed E-state index contributed by atoms with van der Waals surface area (Å²) in [7, 11) is 0. The summed E-state index contributed by atoms with van der Waals surface area (Å²) in [5.41, 5.74) is 3.18. The fourth-order valence-corrected chi connectivity index (χ4v) is 2.26. The monoisotopic (exact) mass is 310 g/mol. The van der Waals surface area contributed by atoms with Crippen molar-refractivity contribution in [2.45, 2.75) is 33.1 Å². The molecule has 0 bridgehead atoms. The van der Waals surface area contributed by atoms with Gasteiger partial charge in [0.1, 0.15) is 11.5 Å². The summed E-state index contributed by atoms with van der Waals surface area (Å²) in [4.78, 5) is 10.5. The van der Waals surface area contributed by atoms with E-state index in [0.717, 1.165) is 28.7 Å². The van der Waals surface area contributed by atoms with Gasteiger partial charge in [0.15, 0.2) is 0 Å². The van der Waals surface area contributed by atoms with E-state index in [4.69, 9.17) is 9.84 Å². The van der Waals surface area contributed by atoms with E-state index in [1.807, 2.05) is 36.4 Å². The maximum Gasteiger partial charge on any atom is 0.328 e. The number of aryl methyl sites for hydroxylation is 1. The summed E-state index contributed by atoms with van der Waals surface area (Å²) < 4.78 is 6.03. The predicted molar refractivity (Wildman–Crippen MR) is 93.1 cm³/mol. The molecule has 1 N–H and O–H groups in total. The number of carbonyl (C=O) groups is 1. The first-order valence-corrected chi connectivity index (χ1v) is 7.56. The zero-order chi connectivity index (χ0) is 17.0. The van der Waals surface area contributed by atoms with Crippen LogP contribution >= 0.6 is 0 Å². The Morgan fingerprint density at radius 2 is 1.74 bits per heavy atom. The molecule has 3 heteroatoms. The summed E-state index contributed by atoms with van der Waals surface area (Å²) in [6.45, 7) is 8.56. The third kappa shape index (κ3) is 4.71. The number of hydrogen-bond acceptors (Lipinski definition) is 2. The van der Waals surface area contributed by atoms with Crippen LogP contribution in [0.3, 0.4) is 0 Å². The smallest absolute Gasteiger partial charge is 0.328 e. The van der Waals surface area contributed by atoms with Crippen LogP contribution in [-0.4, -0.2) is 11.1 Å². The molecule has 2 rings (SSSR count). The van der Waals surface area contributed by atoms with Crippen molar-refractivity contribution in [1.82, 2.24) is 0 Å². The van der Waals surface area contributed by atoms with Gasteiger partial charge in [-0.25, -0.2) is 4.79 Å². The molecule has 0 fully saturated rings. The van der Waals surface area contributed by atoms with Gasteiger partial charge < -0.3 is 9.84 Å². The van der Waals surface area contributed by atoms with Gasteiger partial charge in [-0.15, -0.1) is 0 Å². The first kappa shape index (κ1) is 16.8. The van der Waals surface area contributed by atoms with Gasteiger partial charge in [-0.1, -0.05) is 50.6 Å². The predicted octanol–water partition coefficient (Wildman–Crippen LogP) is 5.18. The Morgan fingerprint density at radius 3 is 2.30 bits per heavy atom. The number of benzene rings is 2. The van der Waals surface area contributed by atoms with Gasteiger partial charge in [0.2, 0.25) is 0 Å². The number of hydrogen-bond donors (Lipinski definition) is 1. The molecular formula is C20H22O3. The Balaban J connectivity index is 2.24. The Morgan fingerprint density at radius 1 is 1.09 bits per heavy atom. The highest BCUT2D eigenvalue weighted by Gasteiger charge is 2.19. The summed E-state index contributed by atoms with van der Waals surface area (Å²) in [5, 5.41) is 8.64. The molecule has 0 unspecified atom stereocenters. The summed E-state index contributed by atoms with van der Waals surface area (Å²) in [6, 6.07) is 13.5. The molecule has 3 nitrogen and oxygen atoms in total. The van der Waals surface area contributed by atoms with E-state index in [-0.39, 0.29) is 5.41 Å². The van der Waals surface area contributed by atoms with Crippen molar-refractivity contribution in [1.29, 1.82) is 0 Å². The van der Waals surface area contributed by atoms with Gasteiger partial charge >= 0.3 is 5.97 Å². The molecule has 0 amide bonds. The van der Waals surface area contributed by atoms with Gasteiger partial charge in [0.05, 0.1) is 0 Å². The molecule has 23 heavy (non-hydrogen) atoms. The van der Waals surface area contributed by atoms with Crippen molar-refractivity contribution in [3.05, 3.63) is 65.2 Å². The Kier molecular flexibility index (Phi) is 4.89. The topological polar surface area (TPSA) is 46.5 Å². The normalized spacial score (nSPS) is 11.7. The van der Waals surface area contributed by atoms with E-state index < -0.39 is 5.97 Å². The lowest BCUT2D eigenvalue weighted by Crippen LogP contribution is -2.12. The molecule has 0 saturated carbocycles. The number of ether oxygens (including phenoxy) is 1. The third-order valence-electron chi connectivity index (χ3n) is 3.47. The highest BCUT2D eigenvalue weighted by Crippen LogP contribution is 2.34. The summed E-state index contributed by atoms with van der Waals surface area (Å²) >= 11 is 0. The highest BCUT2D eigenvalue weighted by atomic mass is 16.5.